The van der Waals surface area contributed by atoms with Gasteiger partial charge in [-0.15, -0.1) is 0 Å². The molecule has 2 rings (SSSR count). The first-order valence-corrected chi connectivity index (χ1v) is 8.64. The largest absolute Gasteiger partial charge is 0.370 e. The highest BCUT2D eigenvalue weighted by atomic mass is 15.2. The zero-order valence-corrected chi connectivity index (χ0v) is 13.6. The molecule has 0 aromatic carbocycles. The van der Waals surface area contributed by atoms with Gasteiger partial charge in [-0.25, -0.2) is 4.98 Å². The molecule has 1 saturated carbocycles. The number of hydrogen-bond donors (Lipinski definition) is 2. The number of unbranched alkanes of at least 4 members (excludes halogenated alkanes) is 2. The van der Waals surface area contributed by atoms with Crippen LogP contribution in [-0.2, 0) is 0 Å². The van der Waals surface area contributed by atoms with Gasteiger partial charge in [0.1, 0.15) is 5.82 Å². The first-order chi connectivity index (χ1) is 10.3. The fourth-order valence-corrected chi connectivity index (χ4v) is 2.92. The quantitative estimate of drug-likeness (QED) is 0.572. The van der Waals surface area contributed by atoms with E-state index in [1.807, 2.05) is 13.0 Å². The predicted molar refractivity (Wildman–Crippen MR) is 89.9 cm³/mol. The van der Waals surface area contributed by atoms with E-state index in [-0.39, 0.29) is 0 Å². The summed E-state index contributed by atoms with van der Waals surface area (Å²) >= 11 is 0. The van der Waals surface area contributed by atoms with Gasteiger partial charge in [-0.3, -0.25) is 0 Å². The van der Waals surface area contributed by atoms with Gasteiger partial charge in [-0.1, -0.05) is 45.4 Å². The summed E-state index contributed by atoms with van der Waals surface area (Å²) in [6, 6.07) is 2.58. The lowest BCUT2D eigenvalue weighted by atomic mass is 10.1. The Morgan fingerprint density at radius 1 is 1.10 bits per heavy atom. The van der Waals surface area contributed by atoms with E-state index in [1.54, 1.807) is 0 Å². The number of hydrogen-bond acceptors (Lipinski definition) is 4. The summed E-state index contributed by atoms with van der Waals surface area (Å²) in [6.07, 6.45) is 11.6. The Balaban J connectivity index is 1.90. The lowest BCUT2D eigenvalue weighted by Gasteiger charge is -2.17. The van der Waals surface area contributed by atoms with Gasteiger partial charge < -0.3 is 10.6 Å². The molecular formula is C17H30N4. The Morgan fingerprint density at radius 2 is 1.86 bits per heavy atom. The molecule has 0 amide bonds. The monoisotopic (exact) mass is 290 g/mol. The summed E-state index contributed by atoms with van der Waals surface area (Å²) in [5.74, 6) is 1.75. The average Bonchev–Trinajstić information content (AvgIpc) is 2.72. The molecule has 2 N–H and O–H groups in total. The SMILES string of the molecule is CCCCCNc1cc(C)nc(NC2CCCCCC2)n1. The second-order valence-electron chi connectivity index (χ2n) is 6.18. The lowest BCUT2D eigenvalue weighted by molar-refractivity contribution is 0.614. The number of aromatic nitrogens is 2. The minimum absolute atomic E-state index is 0.544. The molecular weight excluding hydrogens is 260 g/mol. The van der Waals surface area contributed by atoms with E-state index in [0.717, 1.165) is 24.0 Å². The van der Waals surface area contributed by atoms with E-state index in [1.165, 1.54) is 57.8 Å². The fraction of sp³-hybridized carbons (Fsp3) is 0.765. The first-order valence-electron chi connectivity index (χ1n) is 8.64. The van der Waals surface area contributed by atoms with Gasteiger partial charge in [-0.2, -0.15) is 4.98 Å². The van der Waals surface area contributed by atoms with Crippen molar-refractivity contribution in [2.45, 2.75) is 77.7 Å². The maximum Gasteiger partial charge on any atom is 0.225 e. The minimum Gasteiger partial charge on any atom is -0.370 e. The third-order valence-electron chi connectivity index (χ3n) is 4.13. The van der Waals surface area contributed by atoms with Gasteiger partial charge in [-0.05, 0) is 26.2 Å². The van der Waals surface area contributed by atoms with Crippen LogP contribution in [-0.4, -0.2) is 22.6 Å². The Labute approximate surface area is 129 Å². The molecule has 0 aliphatic heterocycles. The standard InChI is InChI=1S/C17H30N4/c1-3-4-9-12-18-16-13-14(2)19-17(21-16)20-15-10-7-5-6-8-11-15/h13,15H,3-12H2,1-2H3,(H2,18,19,20,21). The van der Waals surface area contributed by atoms with Crippen molar-refractivity contribution in [3.63, 3.8) is 0 Å². The summed E-state index contributed by atoms with van der Waals surface area (Å²) in [4.78, 5) is 9.16. The molecule has 1 aromatic rings. The van der Waals surface area contributed by atoms with Gasteiger partial charge >= 0.3 is 0 Å². The number of anilines is 2. The highest BCUT2D eigenvalue weighted by Crippen LogP contribution is 2.20. The third-order valence-corrected chi connectivity index (χ3v) is 4.13. The predicted octanol–water partition coefficient (Wildman–Crippen LogP) is 4.52. The summed E-state index contributed by atoms with van der Waals surface area (Å²) in [5, 5.41) is 6.96. The summed E-state index contributed by atoms with van der Waals surface area (Å²) in [7, 11) is 0. The van der Waals surface area contributed by atoms with Crippen LogP contribution in [0.4, 0.5) is 11.8 Å². The van der Waals surface area contributed by atoms with Crippen molar-refractivity contribution in [3.8, 4) is 0 Å². The molecule has 1 fully saturated rings. The van der Waals surface area contributed by atoms with E-state index in [0.29, 0.717) is 6.04 Å². The van der Waals surface area contributed by atoms with E-state index in [2.05, 4.69) is 27.5 Å². The van der Waals surface area contributed by atoms with Crippen molar-refractivity contribution >= 4 is 11.8 Å². The van der Waals surface area contributed by atoms with Crippen LogP contribution in [0, 0.1) is 6.92 Å². The summed E-state index contributed by atoms with van der Waals surface area (Å²) in [5.41, 5.74) is 1.03. The Hall–Kier alpha value is -1.32. The smallest absolute Gasteiger partial charge is 0.225 e. The van der Waals surface area contributed by atoms with Gasteiger partial charge in [0, 0.05) is 24.3 Å². The van der Waals surface area contributed by atoms with Crippen LogP contribution >= 0.6 is 0 Å². The first kappa shape index (κ1) is 16.1. The molecule has 1 aromatic heterocycles. The molecule has 1 aliphatic rings. The van der Waals surface area contributed by atoms with Crippen molar-refractivity contribution in [2.75, 3.05) is 17.2 Å². The van der Waals surface area contributed by atoms with Crippen LogP contribution in [0.25, 0.3) is 0 Å². The van der Waals surface area contributed by atoms with Gasteiger partial charge in [0.2, 0.25) is 5.95 Å². The van der Waals surface area contributed by atoms with Crippen LogP contribution in [0.3, 0.4) is 0 Å². The van der Waals surface area contributed by atoms with Crippen LogP contribution in [0.2, 0.25) is 0 Å². The minimum atomic E-state index is 0.544. The molecule has 1 aliphatic carbocycles. The number of rotatable bonds is 7. The van der Waals surface area contributed by atoms with Crippen molar-refractivity contribution in [1.82, 2.24) is 9.97 Å². The van der Waals surface area contributed by atoms with Crippen LogP contribution in [0.15, 0.2) is 6.07 Å². The fourth-order valence-electron chi connectivity index (χ4n) is 2.92. The normalized spacial score (nSPS) is 16.5. The molecule has 118 valence electrons. The molecule has 0 bridgehead atoms. The van der Waals surface area contributed by atoms with Crippen LogP contribution < -0.4 is 10.6 Å². The summed E-state index contributed by atoms with van der Waals surface area (Å²) in [6.45, 7) is 5.26. The molecule has 21 heavy (non-hydrogen) atoms. The van der Waals surface area contributed by atoms with E-state index < -0.39 is 0 Å². The van der Waals surface area contributed by atoms with E-state index in [4.69, 9.17) is 0 Å². The Bertz CT molecular complexity index is 411. The highest BCUT2D eigenvalue weighted by molar-refractivity contribution is 5.42. The molecule has 0 saturated heterocycles. The lowest BCUT2D eigenvalue weighted by Crippen LogP contribution is -2.20. The van der Waals surface area contributed by atoms with E-state index in [9.17, 15) is 0 Å². The zero-order valence-electron chi connectivity index (χ0n) is 13.6. The molecule has 0 radical (unpaired) electrons. The van der Waals surface area contributed by atoms with E-state index >= 15 is 0 Å². The topological polar surface area (TPSA) is 49.8 Å². The van der Waals surface area contributed by atoms with Crippen molar-refractivity contribution in [1.29, 1.82) is 0 Å². The molecule has 0 atom stereocenters. The highest BCUT2D eigenvalue weighted by Gasteiger charge is 2.13. The van der Waals surface area contributed by atoms with Crippen molar-refractivity contribution in [3.05, 3.63) is 11.8 Å². The van der Waals surface area contributed by atoms with Gasteiger partial charge in [0.05, 0.1) is 0 Å². The molecule has 4 nitrogen and oxygen atoms in total. The zero-order chi connectivity index (χ0) is 14.9. The van der Waals surface area contributed by atoms with Gasteiger partial charge in [0.25, 0.3) is 0 Å². The van der Waals surface area contributed by atoms with Gasteiger partial charge in [0.15, 0.2) is 0 Å². The second kappa shape index (κ2) is 8.85. The second-order valence-corrected chi connectivity index (χ2v) is 6.18. The Kier molecular flexibility index (Phi) is 6.77. The number of nitrogens with one attached hydrogen (secondary N) is 2. The Morgan fingerprint density at radius 3 is 2.57 bits per heavy atom. The third kappa shape index (κ3) is 5.90. The van der Waals surface area contributed by atoms with Crippen LogP contribution in [0.1, 0.15) is 70.4 Å². The maximum atomic E-state index is 4.62. The molecule has 0 spiro atoms. The maximum absolute atomic E-state index is 4.62. The number of aryl methyl sites for hydroxylation is 1. The summed E-state index contributed by atoms with van der Waals surface area (Å²) < 4.78 is 0. The van der Waals surface area contributed by atoms with Crippen molar-refractivity contribution < 1.29 is 0 Å². The van der Waals surface area contributed by atoms with Crippen molar-refractivity contribution in [2.24, 2.45) is 0 Å². The van der Waals surface area contributed by atoms with Crippen LogP contribution in [0.5, 0.6) is 0 Å². The number of nitrogens with zero attached hydrogens (tertiary/aromatic N) is 2. The molecule has 1 heterocycles. The average molecular weight is 290 g/mol. The molecule has 0 unspecified atom stereocenters. The molecule has 4 heteroatoms.